The van der Waals surface area contributed by atoms with Crippen LogP contribution < -0.4 is 5.73 Å². The van der Waals surface area contributed by atoms with Crippen LogP contribution in [0.1, 0.15) is 22.3 Å². The van der Waals surface area contributed by atoms with Crippen molar-refractivity contribution in [3.8, 4) is 0 Å². The van der Waals surface area contributed by atoms with Crippen LogP contribution in [0.25, 0.3) is 0 Å². The summed E-state index contributed by atoms with van der Waals surface area (Å²) in [5.41, 5.74) is 7.81. The minimum absolute atomic E-state index is 0.0305. The van der Waals surface area contributed by atoms with Gasteiger partial charge in [0, 0.05) is 25.8 Å². The van der Waals surface area contributed by atoms with Crippen LogP contribution in [0, 0.1) is 6.92 Å². The predicted octanol–water partition coefficient (Wildman–Crippen LogP) is 0.882. The Labute approximate surface area is 113 Å². The molecule has 0 bridgehead atoms. The molecule has 1 aliphatic heterocycles. The molecule has 1 aromatic carbocycles. The fraction of sp³-hybridized carbons (Fsp3) is 0.429. The van der Waals surface area contributed by atoms with Gasteiger partial charge in [-0.1, -0.05) is 12.1 Å². The van der Waals surface area contributed by atoms with E-state index in [1.54, 1.807) is 22.9 Å². The summed E-state index contributed by atoms with van der Waals surface area (Å²) in [5.74, 6) is -0.193. The van der Waals surface area contributed by atoms with Gasteiger partial charge in [0.15, 0.2) is 0 Å². The van der Waals surface area contributed by atoms with Crippen LogP contribution in [0.5, 0.6) is 0 Å². The highest BCUT2D eigenvalue weighted by Crippen LogP contribution is 2.19. The number of anilines is 1. The molecule has 1 heterocycles. The van der Waals surface area contributed by atoms with Gasteiger partial charge in [0.25, 0.3) is 5.91 Å². The van der Waals surface area contributed by atoms with E-state index in [4.69, 9.17) is 5.73 Å². The average Bonchev–Trinajstić information content (AvgIpc) is 2.55. The maximum Gasteiger partial charge on any atom is 0.256 e. The molecule has 1 saturated heterocycles. The van der Waals surface area contributed by atoms with Crippen LogP contribution in [-0.4, -0.2) is 48.3 Å². The van der Waals surface area contributed by atoms with E-state index in [2.05, 4.69) is 0 Å². The van der Waals surface area contributed by atoms with Crippen LogP contribution >= 0.6 is 0 Å². The van der Waals surface area contributed by atoms with Crippen molar-refractivity contribution in [3.63, 3.8) is 0 Å². The number of likely N-dealkylation sites (N-methyl/N-ethyl adjacent to an activating group) is 1. The molecular weight excluding hydrogens is 242 g/mol. The van der Waals surface area contributed by atoms with Gasteiger partial charge in [-0.15, -0.1) is 0 Å². The first kappa shape index (κ1) is 13.4. The molecule has 2 rings (SSSR count). The molecular formula is C14H19N3O2. The molecule has 0 aromatic heterocycles. The summed E-state index contributed by atoms with van der Waals surface area (Å²) in [7, 11) is 1.76. The first-order chi connectivity index (χ1) is 9.00. The monoisotopic (exact) mass is 261 g/mol. The van der Waals surface area contributed by atoms with E-state index in [1.807, 2.05) is 19.1 Å². The molecule has 0 unspecified atom stereocenters. The van der Waals surface area contributed by atoms with Gasteiger partial charge in [-0.25, -0.2) is 0 Å². The summed E-state index contributed by atoms with van der Waals surface area (Å²) in [5, 5.41) is 0. The molecule has 0 spiro atoms. The quantitative estimate of drug-likeness (QED) is 0.763. The van der Waals surface area contributed by atoms with Crippen LogP contribution in [0.2, 0.25) is 0 Å². The van der Waals surface area contributed by atoms with Gasteiger partial charge in [0.05, 0.1) is 5.56 Å². The number of aryl methyl sites for hydroxylation is 1. The topological polar surface area (TPSA) is 66.6 Å². The molecule has 19 heavy (non-hydrogen) atoms. The molecule has 102 valence electrons. The van der Waals surface area contributed by atoms with Crippen molar-refractivity contribution in [2.45, 2.75) is 13.3 Å². The van der Waals surface area contributed by atoms with E-state index in [0.29, 0.717) is 24.3 Å². The van der Waals surface area contributed by atoms with E-state index in [1.165, 1.54) is 0 Å². The number of carbonyl (C=O) groups is 2. The van der Waals surface area contributed by atoms with Gasteiger partial charge >= 0.3 is 0 Å². The molecule has 1 fully saturated rings. The highest BCUT2D eigenvalue weighted by Gasteiger charge is 2.24. The predicted molar refractivity (Wildman–Crippen MR) is 73.7 cm³/mol. The summed E-state index contributed by atoms with van der Waals surface area (Å²) in [6.45, 7) is 3.27. The van der Waals surface area contributed by atoms with Crippen molar-refractivity contribution in [2.75, 3.05) is 32.4 Å². The van der Waals surface area contributed by atoms with Crippen LogP contribution in [-0.2, 0) is 4.79 Å². The third kappa shape index (κ3) is 2.70. The first-order valence-corrected chi connectivity index (χ1v) is 6.39. The Morgan fingerprint density at radius 1 is 1.32 bits per heavy atom. The highest BCUT2D eigenvalue weighted by molar-refractivity contribution is 6.01. The minimum Gasteiger partial charge on any atom is -0.398 e. The third-order valence-electron chi connectivity index (χ3n) is 3.52. The Bertz CT molecular complexity index is 513. The Hall–Kier alpha value is -2.04. The second kappa shape index (κ2) is 5.30. The average molecular weight is 261 g/mol. The number of carbonyl (C=O) groups excluding carboxylic acids is 2. The first-order valence-electron chi connectivity index (χ1n) is 6.39. The van der Waals surface area contributed by atoms with Gasteiger partial charge in [-0.05, 0) is 25.0 Å². The Kier molecular flexibility index (Phi) is 3.74. The molecule has 0 aliphatic carbocycles. The summed E-state index contributed by atoms with van der Waals surface area (Å²) in [6, 6.07) is 5.39. The number of hydrogen-bond donors (Lipinski definition) is 1. The summed E-state index contributed by atoms with van der Waals surface area (Å²) < 4.78 is 0. The molecule has 0 saturated carbocycles. The molecule has 2 amide bonds. The van der Waals surface area contributed by atoms with E-state index < -0.39 is 0 Å². The van der Waals surface area contributed by atoms with Gasteiger partial charge in [-0.3, -0.25) is 9.59 Å². The molecule has 1 aromatic rings. The maximum absolute atomic E-state index is 12.5. The minimum atomic E-state index is -0.162. The molecule has 5 heteroatoms. The van der Waals surface area contributed by atoms with Gasteiger partial charge in [0.1, 0.15) is 6.54 Å². The molecule has 5 nitrogen and oxygen atoms in total. The standard InChI is InChI=1S/C14H19N3O2/c1-10-5-3-6-11(13(10)15)14(19)17-8-4-7-16(2)12(18)9-17/h3,5-6H,4,7-9,15H2,1-2H3. The van der Waals surface area contributed by atoms with Crippen LogP contribution in [0.3, 0.4) is 0 Å². The van der Waals surface area contributed by atoms with Crippen LogP contribution in [0.15, 0.2) is 18.2 Å². The smallest absolute Gasteiger partial charge is 0.256 e. The molecule has 2 N–H and O–H groups in total. The lowest BCUT2D eigenvalue weighted by Gasteiger charge is -2.21. The molecule has 0 radical (unpaired) electrons. The van der Waals surface area contributed by atoms with E-state index in [9.17, 15) is 9.59 Å². The number of nitrogens with two attached hydrogens (primary N) is 1. The van der Waals surface area contributed by atoms with Crippen molar-refractivity contribution in [1.82, 2.24) is 9.80 Å². The summed E-state index contributed by atoms with van der Waals surface area (Å²) >= 11 is 0. The molecule has 0 atom stereocenters. The summed E-state index contributed by atoms with van der Waals surface area (Å²) in [6.07, 6.45) is 0.791. The van der Waals surface area contributed by atoms with E-state index in [0.717, 1.165) is 12.0 Å². The van der Waals surface area contributed by atoms with Crippen molar-refractivity contribution in [3.05, 3.63) is 29.3 Å². The highest BCUT2D eigenvalue weighted by atomic mass is 16.2. The fourth-order valence-electron chi connectivity index (χ4n) is 2.20. The second-order valence-electron chi connectivity index (χ2n) is 4.93. The Balaban J connectivity index is 2.24. The number of nitrogen functional groups attached to an aromatic ring is 1. The lowest BCUT2D eigenvalue weighted by molar-refractivity contribution is -0.129. The van der Waals surface area contributed by atoms with E-state index >= 15 is 0 Å². The number of rotatable bonds is 1. The fourth-order valence-corrected chi connectivity index (χ4v) is 2.20. The second-order valence-corrected chi connectivity index (χ2v) is 4.93. The number of hydrogen-bond acceptors (Lipinski definition) is 3. The number of amides is 2. The third-order valence-corrected chi connectivity index (χ3v) is 3.52. The lowest BCUT2D eigenvalue weighted by Crippen LogP contribution is -2.38. The van der Waals surface area contributed by atoms with Gasteiger partial charge in [0.2, 0.25) is 5.91 Å². The van der Waals surface area contributed by atoms with E-state index in [-0.39, 0.29) is 18.4 Å². The summed E-state index contributed by atoms with van der Waals surface area (Å²) in [4.78, 5) is 27.5. The Morgan fingerprint density at radius 2 is 2.05 bits per heavy atom. The van der Waals surface area contributed by atoms with Gasteiger partial charge in [-0.2, -0.15) is 0 Å². The number of benzene rings is 1. The maximum atomic E-state index is 12.5. The number of nitrogens with zero attached hydrogens (tertiary/aromatic N) is 2. The zero-order chi connectivity index (χ0) is 14.0. The Morgan fingerprint density at radius 3 is 2.79 bits per heavy atom. The van der Waals surface area contributed by atoms with Crippen molar-refractivity contribution < 1.29 is 9.59 Å². The van der Waals surface area contributed by atoms with Crippen molar-refractivity contribution in [1.29, 1.82) is 0 Å². The zero-order valence-electron chi connectivity index (χ0n) is 11.3. The SMILES string of the molecule is Cc1cccc(C(=O)N2CCCN(C)C(=O)C2)c1N. The van der Waals surface area contributed by atoms with Crippen molar-refractivity contribution in [2.24, 2.45) is 0 Å². The molecule has 1 aliphatic rings. The normalized spacial score (nSPS) is 16.4. The largest absolute Gasteiger partial charge is 0.398 e. The van der Waals surface area contributed by atoms with Crippen LogP contribution in [0.4, 0.5) is 5.69 Å². The van der Waals surface area contributed by atoms with Gasteiger partial charge < -0.3 is 15.5 Å². The zero-order valence-corrected chi connectivity index (χ0v) is 11.3. The number of para-hydroxylation sites is 1. The van der Waals surface area contributed by atoms with Crippen molar-refractivity contribution >= 4 is 17.5 Å². The lowest BCUT2D eigenvalue weighted by atomic mass is 10.1.